The van der Waals surface area contributed by atoms with E-state index >= 15 is 0 Å². The molecule has 0 bridgehead atoms. The average Bonchev–Trinajstić information content (AvgIpc) is 2.24. The first-order valence-electron chi connectivity index (χ1n) is 4.38. The number of nitrogens with zero attached hydrogens (tertiary/aromatic N) is 2. The molecule has 2 aromatic heterocycles. The van der Waals surface area contributed by atoms with Gasteiger partial charge in [-0.25, -0.2) is 0 Å². The van der Waals surface area contributed by atoms with Gasteiger partial charge in [0.2, 0.25) is 0 Å². The first-order chi connectivity index (χ1) is 7.18. The van der Waals surface area contributed by atoms with Crippen LogP contribution in [0.25, 0.3) is 11.4 Å². The summed E-state index contributed by atoms with van der Waals surface area (Å²) in [5.74, 6) is 0. The third kappa shape index (κ3) is 2.35. The minimum Gasteiger partial charge on any atom is -0.398 e. The Labute approximate surface area is 104 Å². The van der Waals surface area contributed by atoms with Crippen LogP contribution in [0.4, 0.5) is 0 Å². The summed E-state index contributed by atoms with van der Waals surface area (Å²) in [4.78, 5) is 32.2. The molecule has 0 amide bonds. The molecule has 0 unspecified atom stereocenters. The Morgan fingerprint density at radius 1 is 1.31 bits per heavy atom. The Kier molecular flexibility index (Phi) is 3.93. The van der Waals surface area contributed by atoms with Crippen molar-refractivity contribution in [2.24, 2.45) is 0 Å². The predicted molar refractivity (Wildman–Crippen MR) is 54.6 cm³/mol. The van der Waals surface area contributed by atoms with E-state index in [1.54, 1.807) is 31.3 Å². The average molecular weight is 394 g/mol. The number of aromatic amines is 1. The molecule has 2 aromatic rings. The van der Waals surface area contributed by atoms with E-state index in [4.69, 9.17) is 0 Å². The normalized spacial score (nSPS) is 9.56. The monoisotopic (exact) mass is 395 g/mol. The van der Waals surface area contributed by atoms with E-state index in [1.807, 2.05) is 0 Å². The van der Waals surface area contributed by atoms with Crippen LogP contribution < -0.4 is 16.2 Å². The number of pyridine rings is 1. The van der Waals surface area contributed by atoms with E-state index in [1.165, 1.54) is 0 Å². The summed E-state index contributed by atoms with van der Waals surface area (Å²) in [6.07, 6.45) is 1.59. The number of rotatable bonds is 1. The number of aromatic nitrogens is 3. The molecule has 16 heavy (non-hydrogen) atoms. The van der Waals surface area contributed by atoms with Gasteiger partial charge in [0, 0.05) is 26.3 Å². The van der Waals surface area contributed by atoms with E-state index in [0.29, 0.717) is 17.0 Å². The summed E-state index contributed by atoms with van der Waals surface area (Å²) in [7, 11) is 0. The summed E-state index contributed by atoms with van der Waals surface area (Å²) < 4.78 is 0. The van der Waals surface area contributed by atoms with Crippen molar-refractivity contribution in [1.29, 1.82) is 0 Å². The van der Waals surface area contributed by atoms with Crippen LogP contribution in [0.5, 0.6) is 0 Å². The summed E-state index contributed by atoms with van der Waals surface area (Å²) in [6.45, 7) is 1.61. The van der Waals surface area contributed by atoms with Gasteiger partial charge in [0.05, 0.1) is 5.69 Å². The fourth-order valence-corrected chi connectivity index (χ4v) is 1.26. The second-order valence-corrected chi connectivity index (χ2v) is 3.06. The minimum atomic E-state index is -0.647. The van der Waals surface area contributed by atoms with Crippen molar-refractivity contribution >= 4 is 0 Å². The number of hydrogen-bond donors (Lipinski definition) is 1. The van der Waals surface area contributed by atoms with Gasteiger partial charge in [-0.1, -0.05) is 6.07 Å². The van der Waals surface area contributed by atoms with Crippen molar-refractivity contribution in [1.82, 2.24) is 15.0 Å². The van der Waals surface area contributed by atoms with Crippen LogP contribution in [0, 0.1) is 6.92 Å². The summed E-state index contributed by atoms with van der Waals surface area (Å²) in [6, 6.07) is 5.23. The molecule has 1 radical (unpaired) electrons. The molecule has 2 heterocycles. The van der Waals surface area contributed by atoms with Crippen LogP contribution >= 0.6 is 0 Å². The second-order valence-electron chi connectivity index (χ2n) is 3.06. The standard InChI is InChI=1S/C10H9N3O2.Ir/c1-6-8(7-4-2-3-5-11-7)12-10(15)13-9(6)14;/h2-5H,1H3,(H2,12,13,14,15);/p-1. The van der Waals surface area contributed by atoms with E-state index in [2.05, 4.69) is 15.0 Å². The van der Waals surface area contributed by atoms with E-state index in [9.17, 15) is 9.59 Å². The van der Waals surface area contributed by atoms with E-state index in [0.717, 1.165) is 0 Å². The fraction of sp³-hybridized carbons (Fsp3) is 0.100. The number of nitrogens with one attached hydrogen (secondary N) is 1. The molecule has 0 fully saturated rings. The molecule has 0 atom stereocenters. The quantitative estimate of drug-likeness (QED) is 0.742. The molecule has 85 valence electrons. The largest absolute Gasteiger partial charge is 0.398 e. The smallest absolute Gasteiger partial charge is 0.174 e. The SMILES string of the molecule is Cc1c(-c2ccccn2)[n-]c(=O)[nH]c1=O.[Ir]. The van der Waals surface area contributed by atoms with Gasteiger partial charge in [0.15, 0.2) is 11.2 Å². The van der Waals surface area contributed by atoms with Crippen molar-refractivity contribution in [2.75, 3.05) is 0 Å². The van der Waals surface area contributed by atoms with Gasteiger partial charge in [0.1, 0.15) is 0 Å². The molecular weight excluding hydrogens is 386 g/mol. The van der Waals surface area contributed by atoms with Crippen LogP contribution in [-0.4, -0.2) is 9.97 Å². The van der Waals surface area contributed by atoms with Crippen molar-refractivity contribution in [2.45, 2.75) is 6.92 Å². The van der Waals surface area contributed by atoms with Crippen molar-refractivity contribution < 1.29 is 20.1 Å². The van der Waals surface area contributed by atoms with Gasteiger partial charge in [-0.05, 0) is 30.3 Å². The van der Waals surface area contributed by atoms with Gasteiger partial charge in [-0.15, -0.1) is 0 Å². The summed E-state index contributed by atoms with van der Waals surface area (Å²) in [5.41, 5.74) is 0.192. The molecule has 0 aliphatic rings. The molecule has 1 N–H and O–H groups in total. The predicted octanol–water partition coefficient (Wildman–Crippen LogP) is 0.0602. The molecule has 2 rings (SSSR count). The van der Waals surface area contributed by atoms with Crippen LogP contribution in [0.3, 0.4) is 0 Å². The minimum absolute atomic E-state index is 0. The van der Waals surface area contributed by atoms with Gasteiger partial charge in [-0.3, -0.25) is 14.6 Å². The maximum Gasteiger partial charge on any atom is 0.174 e. The Hall–Kier alpha value is -1.52. The van der Waals surface area contributed by atoms with Crippen LogP contribution in [0.15, 0.2) is 34.0 Å². The van der Waals surface area contributed by atoms with Gasteiger partial charge in [-0.2, -0.15) is 0 Å². The fourth-order valence-electron chi connectivity index (χ4n) is 1.26. The van der Waals surface area contributed by atoms with Crippen molar-refractivity contribution in [3.63, 3.8) is 0 Å². The molecule has 0 saturated carbocycles. The third-order valence-corrected chi connectivity index (χ3v) is 2.04. The zero-order valence-corrected chi connectivity index (χ0v) is 10.7. The number of hydrogen-bond acceptors (Lipinski definition) is 3. The van der Waals surface area contributed by atoms with E-state index in [-0.39, 0.29) is 20.1 Å². The molecule has 0 spiro atoms. The van der Waals surface area contributed by atoms with Crippen molar-refractivity contribution in [3.05, 3.63) is 50.8 Å². The van der Waals surface area contributed by atoms with Gasteiger partial charge in [0.25, 0.3) is 0 Å². The maximum atomic E-state index is 11.3. The Morgan fingerprint density at radius 3 is 2.69 bits per heavy atom. The van der Waals surface area contributed by atoms with Crippen LogP contribution in [0.1, 0.15) is 5.56 Å². The summed E-state index contributed by atoms with van der Waals surface area (Å²) in [5, 5.41) is 0. The molecule has 0 saturated heterocycles. The zero-order valence-electron chi connectivity index (χ0n) is 8.35. The van der Waals surface area contributed by atoms with Crippen LogP contribution in [0.2, 0.25) is 0 Å². The van der Waals surface area contributed by atoms with Crippen LogP contribution in [-0.2, 0) is 20.1 Å². The molecular formula is C10H8IrN3O2-. The topological polar surface area (TPSA) is 76.9 Å². The van der Waals surface area contributed by atoms with Crippen molar-refractivity contribution in [3.8, 4) is 11.4 Å². The molecule has 6 heteroatoms. The Balaban J connectivity index is 0.00000128. The first kappa shape index (κ1) is 12.5. The maximum absolute atomic E-state index is 11.3. The van der Waals surface area contributed by atoms with E-state index < -0.39 is 11.2 Å². The number of H-pyrrole nitrogens is 1. The van der Waals surface area contributed by atoms with Gasteiger partial charge >= 0.3 is 0 Å². The van der Waals surface area contributed by atoms with Gasteiger partial charge < -0.3 is 9.97 Å². The zero-order chi connectivity index (χ0) is 10.8. The molecule has 5 nitrogen and oxygen atoms in total. The molecule has 0 aromatic carbocycles. The second kappa shape index (κ2) is 5.01. The third-order valence-electron chi connectivity index (χ3n) is 2.04. The Bertz CT molecular complexity index is 589. The first-order valence-corrected chi connectivity index (χ1v) is 4.38. The molecule has 0 aliphatic carbocycles. The molecule has 0 aliphatic heterocycles. The summed E-state index contributed by atoms with van der Waals surface area (Å²) >= 11 is 0. The Morgan fingerprint density at radius 2 is 2.06 bits per heavy atom.